The number of rotatable bonds is 8. The van der Waals surface area contributed by atoms with Gasteiger partial charge in [0.05, 0.1) is 4.90 Å². The third-order valence-electron chi connectivity index (χ3n) is 12.4. The molecule has 5 rings (SSSR count). The lowest BCUT2D eigenvalue weighted by Crippen LogP contribution is -2.58. The zero-order valence-electron chi connectivity index (χ0n) is 25.8. The maximum absolute atomic E-state index is 15.4. The van der Waals surface area contributed by atoms with E-state index in [2.05, 4.69) is 37.2 Å². The van der Waals surface area contributed by atoms with Crippen molar-refractivity contribution in [2.45, 2.75) is 116 Å². The van der Waals surface area contributed by atoms with Gasteiger partial charge >= 0.3 is 6.36 Å². The average Bonchev–Trinajstić information content (AvgIpc) is 3.27. The molecule has 1 aromatic rings. The fraction of sp³-hybridized carbons (Fsp3) is 0.788. The third kappa shape index (κ3) is 6.19. The van der Waals surface area contributed by atoms with Gasteiger partial charge in [-0.2, -0.15) is 0 Å². The molecule has 1 aromatic carbocycles. The lowest BCUT2D eigenvalue weighted by atomic mass is 9.42. The number of benzene rings is 1. The number of carbonyl (C=O) groups is 1. The van der Waals surface area contributed by atoms with Gasteiger partial charge in [0.15, 0.2) is 0 Å². The number of alkyl halides is 4. The van der Waals surface area contributed by atoms with Crippen molar-refractivity contribution in [2.24, 2.45) is 52.3 Å². The minimum Gasteiger partial charge on any atom is -0.406 e. The van der Waals surface area contributed by atoms with Crippen molar-refractivity contribution in [3.05, 3.63) is 24.3 Å². The Morgan fingerprint density at radius 1 is 1.05 bits per heavy atom. The summed E-state index contributed by atoms with van der Waals surface area (Å²) in [5.74, 6) is 1.94. The van der Waals surface area contributed by atoms with E-state index in [-0.39, 0.29) is 34.0 Å². The van der Waals surface area contributed by atoms with Gasteiger partial charge in [-0.25, -0.2) is 17.5 Å². The lowest BCUT2D eigenvalue weighted by Gasteiger charge is -2.63. The molecule has 10 heteroatoms. The molecule has 4 saturated carbocycles. The molecule has 0 radical (unpaired) electrons. The highest BCUT2D eigenvalue weighted by Gasteiger charge is 2.63. The molecule has 0 spiro atoms. The Hall–Kier alpha value is -1.84. The second-order valence-electron chi connectivity index (χ2n) is 14.5. The molecule has 0 aromatic heterocycles. The molecule has 0 bridgehead atoms. The summed E-state index contributed by atoms with van der Waals surface area (Å²) in [6, 6.07) is 3.76. The van der Waals surface area contributed by atoms with Crippen molar-refractivity contribution in [2.75, 3.05) is 0 Å². The van der Waals surface area contributed by atoms with Crippen molar-refractivity contribution in [3.8, 4) is 5.75 Å². The molecule has 0 heterocycles. The first-order valence-corrected chi connectivity index (χ1v) is 17.6. The molecule has 43 heavy (non-hydrogen) atoms. The van der Waals surface area contributed by atoms with E-state index in [0.717, 1.165) is 75.6 Å². The fourth-order valence-electron chi connectivity index (χ4n) is 10.7. The van der Waals surface area contributed by atoms with Crippen molar-refractivity contribution < 1.29 is 35.5 Å². The molecule has 242 valence electrons. The summed E-state index contributed by atoms with van der Waals surface area (Å²) in [5.41, 5.74) is 0.246. The minimum absolute atomic E-state index is 0.0501. The van der Waals surface area contributed by atoms with E-state index in [0.29, 0.717) is 42.4 Å². The second kappa shape index (κ2) is 11.8. The van der Waals surface area contributed by atoms with Crippen LogP contribution < -0.4 is 9.46 Å². The van der Waals surface area contributed by atoms with Crippen molar-refractivity contribution in [1.29, 1.82) is 0 Å². The molecule has 10 atom stereocenters. The first-order chi connectivity index (χ1) is 20.1. The predicted molar refractivity (Wildman–Crippen MR) is 156 cm³/mol. The average molecular weight is 630 g/mol. The lowest BCUT2D eigenvalue weighted by molar-refractivity contribution is -0.274. The van der Waals surface area contributed by atoms with Gasteiger partial charge in [-0.3, -0.25) is 4.79 Å². The summed E-state index contributed by atoms with van der Waals surface area (Å²) in [7, 11) is -4.22. The molecular formula is C33H47F4NO4S. The highest BCUT2D eigenvalue weighted by Crippen LogP contribution is 2.69. The van der Waals surface area contributed by atoms with Crippen LogP contribution in [-0.2, 0) is 14.8 Å². The SMILES string of the molecule is CC[C@H]1CC2C3CCC([C@H](C)CCC(=O)NS(=O)(=O)c4ccc(OC(F)(F)F)cc4)[C@@]3(C)CCC2[C@@]2(C)CCC[C@H](F)[C@@H]12. The zero-order valence-corrected chi connectivity index (χ0v) is 26.6. The monoisotopic (exact) mass is 629 g/mol. The minimum atomic E-state index is -4.88. The normalized spacial score (nSPS) is 38.4. The van der Waals surface area contributed by atoms with Crippen LogP contribution in [0.25, 0.3) is 0 Å². The standard InChI is InChI=1S/C33H47F4NO4S/c1-5-21-19-24-26-14-13-25(31(26,3)18-16-27(24)32(4)17-6-7-28(34)30(21)32)20(2)8-15-29(39)38-43(40,41)23-11-9-22(10-12-23)42-33(35,36)37/h9-12,20-21,24-28,30H,5-8,13-19H2,1-4H3,(H,38,39)/t20-,21+,24?,25?,26?,27?,28+,30-,31-,32-/m1/s1. The van der Waals surface area contributed by atoms with Gasteiger partial charge in [-0.15, -0.1) is 13.2 Å². The molecule has 0 saturated heterocycles. The van der Waals surface area contributed by atoms with Gasteiger partial charge in [0.2, 0.25) is 5.91 Å². The molecule has 4 aliphatic carbocycles. The summed E-state index contributed by atoms with van der Waals surface area (Å²) in [6.07, 6.45) is 4.59. The number of nitrogens with one attached hydrogen (secondary N) is 1. The van der Waals surface area contributed by atoms with E-state index in [9.17, 15) is 26.4 Å². The fourth-order valence-corrected chi connectivity index (χ4v) is 11.7. The van der Waals surface area contributed by atoms with Crippen LogP contribution in [0, 0.1) is 52.3 Å². The number of halogens is 4. The Kier molecular flexibility index (Phi) is 8.95. The van der Waals surface area contributed by atoms with Crippen LogP contribution in [0.3, 0.4) is 0 Å². The molecule has 1 N–H and O–H groups in total. The van der Waals surface area contributed by atoms with Gasteiger partial charge in [0, 0.05) is 6.42 Å². The van der Waals surface area contributed by atoms with Crippen LogP contribution in [0.15, 0.2) is 29.2 Å². The second-order valence-corrected chi connectivity index (χ2v) is 16.2. The number of hydrogen-bond donors (Lipinski definition) is 1. The highest BCUT2D eigenvalue weighted by molar-refractivity contribution is 7.90. The van der Waals surface area contributed by atoms with Crippen LogP contribution in [0.4, 0.5) is 17.6 Å². The van der Waals surface area contributed by atoms with Crippen LogP contribution in [0.1, 0.15) is 98.3 Å². The van der Waals surface area contributed by atoms with E-state index >= 15 is 4.39 Å². The third-order valence-corrected chi connectivity index (χ3v) is 13.8. The molecule has 4 fully saturated rings. The van der Waals surface area contributed by atoms with E-state index in [1.807, 2.05) is 0 Å². The maximum atomic E-state index is 15.4. The van der Waals surface area contributed by atoms with Gasteiger partial charge in [-0.1, -0.05) is 34.1 Å². The molecule has 0 aliphatic heterocycles. The van der Waals surface area contributed by atoms with Crippen LogP contribution in [0.2, 0.25) is 0 Å². The Balaban J connectivity index is 1.20. The summed E-state index contributed by atoms with van der Waals surface area (Å²) < 4.78 is 83.8. The van der Waals surface area contributed by atoms with Crippen molar-refractivity contribution in [1.82, 2.24) is 4.72 Å². The Morgan fingerprint density at radius 3 is 2.37 bits per heavy atom. The largest absolute Gasteiger partial charge is 0.573 e. The number of sulfonamides is 1. The van der Waals surface area contributed by atoms with Gasteiger partial charge in [-0.05, 0) is 134 Å². The summed E-state index contributed by atoms with van der Waals surface area (Å²) in [5, 5.41) is 0. The number of carbonyl (C=O) groups excluding carboxylic acids is 1. The van der Waals surface area contributed by atoms with E-state index < -0.39 is 34.2 Å². The van der Waals surface area contributed by atoms with Crippen LogP contribution in [0.5, 0.6) is 5.75 Å². The Morgan fingerprint density at radius 2 is 1.72 bits per heavy atom. The number of amides is 1. The first-order valence-electron chi connectivity index (χ1n) is 16.1. The van der Waals surface area contributed by atoms with Gasteiger partial charge < -0.3 is 4.74 Å². The topological polar surface area (TPSA) is 72.5 Å². The number of ether oxygens (including phenoxy) is 1. The smallest absolute Gasteiger partial charge is 0.406 e. The molecule has 4 unspecified atom stereocenters. The van der Waals surface area contributed by atoms with E-state index in [4.69, 9.17) is 0 Å². The summed E-state index contributed by atoms with van der Waals surface area (Å²) in [6.45, 7) is 9.25. The Labute approximate surface area is 254 Å². The zero-order chi connectivity index (χ0) is 31.4. The van der Waals surface area contributed by atoms with Crippen LogP contribution in [-0.4, -0.2) is 26.9 Å². The van der Waals surface area contributed by atoms with Gasteiger partial charge in [0.1, 0.15) is 11.9 Å². The Bertz CT molecular complexity index is 1270. The molecule has 1 amide bonds. The van der Waals surface area contributed by atoms with Crippen molar-refractivity contribution in [3.63, 3.8) is 0 Å². The molecule has 5 nitrogen and oxygen atoms in total. The molecule has 4 aliphatic rings. The van der Waals surface area contributed by atoms with Crippen LogP contribution >= 0.6 is 0 Å². The van der Waals surface area contributed by atoms with Gasteiger partial charge in [0.25, 0.3) is 10.0 Å². The first kappa shape index (κ1) is 32.6. The van der Waals surface area contributed by atoms with E-state index in [1.165, 1.54) is 0 Å². The highest BCUT2D eigenvalue weighted by atomic mass is 32.2. The number of fused-ring (bicyclic) bond motifs is 5. The summed E-state index contributed by atoms with van der Waals surface area (Å²) >= 11 is 0. The van der Waals surface area contributed by atoms with Crippen molar-refractivity contribution >= 4 is 15.9 Å². The van der Waals surface area contributed by atoms with E-state index in [1.54, 1.807) is 0 Å². The maximum Gasteiger partial charge on any atom is 0.573 e. The number of hydrogen-bond acceptors (Lipinski definition) is 4. The molecular weight excluding hydrogens is 582 g/mol. The predicted octanol–water partition coefficient (Wildman–Crippen LogP) is 8.44. The summed E-state index contributed by atoms with van der Waals surface area (Å²) in [4.78, 5) is 12.4. The quantitative estimate of drug-likeness (QED) is 0.293.